The molecule has 4 heteroatoms. The van der Waals surface area contributed by atoms with Gasteiger partial charge in [0.25, 0.3) is 0 Å². The van der Waals surface area contributed by atoms with Crippen LogP contribution < -0.4 is 4.90 Å². The van der Waals surface area contributed by atoms with E-state index >= 15 is 0 Å². The van der Waals surface area contributed by atoms with Crippen molar-refractivity contribution in [2.24, 2.45) is 11.3 Å². The Balaban J connectivity index is 2.15. The molecule has 2 rings (SSSR count). The normalized spacial score (nSPS) is 20.1. The van der Waals surface area contributed by atoms with E-state index in [2.05, 4.69) is 53.5 Å². The summed E-state index contributed by atoms with van der Waals surface area (Å²) in [6.07, 6.45) is 3.29. The Kier molecular flexibility index (Phi) is 4.49. The molecule has 2 heterocycles. The molecule has 3 nitrogen and oxygen atoms in total. The third kappa shape index (κ3) is 3.68. The zero-order valence-corrected chi connectivity index (χ0v) is 14.0. The molecule has 19 heavy (non-hydrogen) atoms. The summed E-state index contributed by atoms with van der Waals surface area (Å²) in [6.45, 7) is 11.4. The molecule has 0 N–H and O–H groups in total. The van der Waals surface area contributed by atoms with Crippen molar-refractivity contribution >= 4 is 21.7 Å². The van der Waals surface area contributed by atoms with E-state index in [0.29, 0.717) is 5.41 Å². The first-order valence-electron chi connectivity index (χ1n) is 7.18. The largest absolute Gasteiger partial charge is 0.356 e. The molecule has 0 aromatic carbocycles. The number of hydrogen-bond donors (Lipinski definition) is 0. The van der Waals surface area contributed by atoms with Crippen molar-refractivity contribution in [3.63, 3.8) is 0 Å². The summed E-state index contributed by atoms with van der Waals surface area (Å²) in [6, 6.07) is 2.05. The number of hydrogen-bond acceptors (Lipinski definition) is 3. The molecule has 0 amide bonds. The number of rotatable bonds is 3. The van der Waals surface area contributed by atoms with Crippen LogP contribution in [0.5, 0.6) is 0 Å². The van der Waals surface area contributed by atoms with Crippen LogP contribution >= 0.6 is 15.9 Å². The summed E-state index contributed by atoms with van der Waals surface area (Å²) in [4.78, 5) is 11.6. The van der Waals surface area contributed by atoms with Crippen molar-refractivity contribution in [1.82, 2.24) is 9.97 Å². The molecule has 1 aliphatic rings. The molecular formula is C15H24BrN3. The lowest BCUT2D eigenvalue weighted by Crippen LogP contribution is -2.26. The Labute approximate surface area is 125 Å². The molecule has 0 aliphatic carbocycles. The Morgan fingerprint density at radius 3 is 2.68 bits per heavy atom. The molecule has 1 aromatic rings. The van der Waals surface area contributed by atoms with Gasteiger partial charge in [-0.2, -0.15) is 0 Å². The average molecular weight is 326 g/mol. The van der Waals surface area contributed by atoms with Gasteiger partial charge in [-0.3, -0.25) is 0 Å². The maximum atomic E-state index is 4.71. The zero-order chi connectivity index (χ0) is 14.0. The summed E-state index contributed by atoms with van der Waals surface area (Å²) >= 11 is 3.51. The summed E-state index contributed by atoms with van der Waals surface area (Å²) in [5.41, 5.74) is 0.380. The van der Waals surface area contributed by atoms with Crippen molar-refractivity contribution in [3.8, 4) is 0 Å². The second kappa shape index (κ2) is 5.78. The van der Waals surface area contributed by atoms with Crippen molar-refractivity contribution in [2.75, 3.05) is 18.0 Å². The molecule has 1 saturated heterocycles. The van der Waals surface area contributed by atoms with Crippen molar-refractivity contribution in [1.29, 1.82) is 0 Å². The van der Waals surface area contributed by atoms with Crippen LogP contribution in [-0.4, -0.2) is 23.1 Å². The average Bonchev–Trinajstić information content (AvgIpc) is 2.77. The van der Waals surface area contributed by atoms with Crippen molar-refractivity contribution in [2.45, 2.75) is 47.0 Å². The summed E-state index contributed by atoms with van der Waals surface area (Å²) in [7, 11) is 0. The van der Waals surface area contributed by atoms with Crippen LogP contribution in [0.25, 0.3) is 0 Å². The summed E-state index contributed by atoms with van der Waals surface area (Å²) in [5, 5.41) is 0. The fourth-order valence-corrected chi connectivity index (χ4v) is 3.03. The lowest BCUT2D eigenvalue weighted by molar-refractivity contribution is 0.263. The van der Waals surface area contributed by atoms with E-state index in [0.717, 1.165) is 48.1 Å². The standard InChI is InChI=1S/C15H24BrN3/c1-5-6-13-17-12(16)9-14(18-13)19-8-7-11(10-19)15(2,3)4/h9,11H,5-8,10H2,1-4H3. The Morgan fingerprint density at radius 1 is 1.37 bits per heavy atom. The zero-order valence-electron chi connectivity index (χ0n) is 12.4. The monoisotopic (exact) mass is 325 g/mol. The number of nitrogens with zero attached hydrogens (tertiary/aromatic N) is 3. The van der Waals surface area contributed by atoms with Gasteiger partial charge in [0.2, 0.25) is 0 Å². The third-order valence-corrected chi connectivity index (χ3v) is 4.34. The van der Waals surface area contributed by atoms with Gasteiger partial charge < -0.3 is 4.90 Å². The molecule has 1 fully saturated rings. The summed E-state index contributed by atoms with van der Waals surface area (Å²) in [5.74, 6) is 2.78. The second-order valence-electron chi connectivity index (χ2n) is 6.51. The van der Waals surface area contributed by atoms with Gasteiger partial charge in [-0.25, -0.2) is 9.97 Å². The topological polar surface area (TPSA) is 29.0 Å². The van der Waals surface area contributed by atoms with Crippen LogP contribution in [0, 0.1) is 11.3 Å². The SMILES string of the molecule is CCCc1nc(Br)cc(N2CCC(C(C)(C)C)C2)n1. The van der Waals surface area contributed by atoms with E-state index in [1.165, 1.54) is 6.42 Å². The maximum Gasteiger partial charge on any atom is 0.133 e. The van der Waals surface area contributed by atoms with Gasteiger partial charge in [0.1, 0.15) is 16.2 Å². The van der Waals surface area contributed by atoms with Crippen LogP contribution in [0.4, 0.5) is 5.82 Å². The van der Waals surface area contributed by atoms with E-state index in [4.69, 9.17) is 4.98 Å². The van der Waals surface area contributed by atoms with Crippen LogP contribution in [0.3, 0.4) is 0 Å². The minimum absolute atomic E-state index is 0.380. The van der Waals surface area contributed by atoms with Gasteiger partial charge in [0.15, 0.2) is 0 Å². The van der Waals surface area contributed by atoms with E-state index in [-0.39, 0.29) is 0 Å². The molecule has 0 saturated carbocycles. The van der Waals surface area contributed by atoms with Gasteiger partial charge in [-0.1, -0.05) is 27.7 Å². The van der Waals surface area contributed by atoms with Crippen LogP contribution in [-0.2, 0) is 6.42 Å². The van der Waals surface area contributed by atoms with Crippen LogP contribution in [0.1, 0.15) is 46.4 Å². The number of aryl methyl sites for hydroxylation is 1. The molecule has 1 aromatic heterocycles. The fraction of sp³-hybridized carbons (Fsp3) is 0.733. The molecule has 0 radical (unpaired) electrons. The van der Waals surface area contributed by atoms with Gasteiger partial charge in [-0.15, -0.1) is 0 Å². The molecule has 0 spiro atoms. The van der Waals surface area contributed by atoms with E-state index in [1.54, 1.807) is 0 Å². The van der Waals surface area contributed by atoms with E-state index < -0.39 is 0 Å². The van der Waals surface area contributed by atoms with Crippen molar-refractivity contribution < 1.29 is 0 Å². The second-order valence-corrected chi connectivity index (χ2v) is 7.33. The molecule has 1 aliphatic heterocycles. The highest BCUT2D eigenvalue weighted by molar-refractivity contribution is 9.10. The Morgan fingerprint density at radius 2 is 2.11 bits per heavy atom. The van der Waals surface area contributed by atoms with Crippen LogP contribution in [0.2, 0.25) is 0 Å². The maximum absolute atomic E-state index is 4.71. The quantitative estimate of drug-likeness (QED) is 0.784. The Hall–Kier alpha value is -0.640. The first kappa shape index (κ1) is 14.8. The minimum Gasteiger partial charge on any atom is -0.356 e. The lowest BCUT2D eigenvalue weighted by Gasteiger charge is -2.27. The molecular weight excluding hydrogens is 302 g/mol. The first-order chi connectivity index (χ1) is 8.90. The van der Waals surface area contributed by atoms with Crippen LogP contribution in [0.15, 0.2) is 10.7 Å². The van der Waals surface area contributed by atoms with Gasteiger partial charge in [-0.05, 0) is 40.1 Å². The predicted octanol–water partition coefficient (Wildman–Crippen LogP) is 4.06. The number of aromatic nitrogens is 2. The van der Waals surface area contributed by atoms with E-state index in [1.807, 2.05) is 6.07 Å². The van der Waals surface area contributed by atoms with Gasteiger partial charge in [0, 0.05) is 25.6 Å². The highest BCUT2D eigenvalue weighted by atomic mass is 79.9. The molecule has 1 atom stereocenters. The molecule has 1 unspecified atom stereocenters. The van der Waals surface area contributed by atoms with Gasteiger partial charge >= 0.3 is 0 Å². The minimum atomic E-state index is 0.380. The lowest BCUT2D eigenvalue weighted by atomic mass is 9.80. The first-order valence-corrected chi connectivity index (χ1v) is 7.98. The highest BCUT2D eigenvalue weighted by Crippen LogP contribution is 2.35. The fourth-order valence-electron chi connectivity index (χ4n) is 2.62. The van der Waals surface area contributed by atoms with E-state index in [9.17, 15) is 0 Å². The Bertz CT molecular complexity index is 440. The highest BCUT2D eigenvalue weighted by Gasteiger charge is 2.32. The molecule has 106 valence electrons. The third-order valence-electron chi connectivity index (χ3n) is 3.94. The number of halogens is 1. The summed E-state index contributed by atoms with van der Waals surface area (Å²) < 4.78 is 0.903. The predicted molar refractivity (Wildman–Crippen MR) is 83.5 cm³/mol. The smallest absolute Gasteiger partial charge is 0.133 e. The van der Waals surface area contributed by atoms with Gasteiger partial charge in [0.05, 0.1) is 0 Å². The number of anilines is 1. The molecule has 0 bridgehead atoms. The van der Waals surface area contributed by atoms with Crippen molar-refractivity contribution in [3.05, 3.63) is 16.5 Å².